The van der Waals surface area contributed by atoms with Crippen molar-refractivity contribution in [2.24, 2.45) is 0 Å². The number of fused-ring (bicyclic) bond motifs is 1. The molecule has 2 heterocycles. The first-order valence-corrected chi connectivity index (χ1v) is 7.01. The molecule has 0 fully saturated rings. The number of aryl methyl sites for hydroxylation is 1. The topological polar surface area (TPSA) is 54.9 Å². The first kappa shape index (κ1) is 11.3. The SMILES string of the molecule is Cc1csc(NC(=O)c2nc3ccccc3s2)n1. The molecule has 2 aromatic heterocycles. The zero-order valence-electron chi connectivity index (χ0n) is 9.51. The van der Waals surface area contributed by atoms with Gasteiger partial charge in [0.1, 0.15) is 0 Å². The predicted octanol–water partition coefficient (Wildman–Crippen LogP) is 3.31. The standard InChI is InChI=1S/C12H9N3OS2/c1-7-6-17-12(13-7)15-10(16)11-14-8-4-2-3-5-9(8)18-11/h2-6H,1H3,(H,13,15,16). The number of carbonyl (C=O) groups is 1. The van der Waals surface area contributed by atoms with Crippen LogP contribution in [0.2, 0.25) is 0 Å². The van der Waals surface area contributed by atoms with E-state index in [-0.39, 0.29) is 5.91 Å². The number of amides is 1. The Kier molecular flexibility index (Phi) is 2.81. The van der Waals surface area contributed by atoms with Gasteiger partial charge in [0.05, 0.1) is 15.9 Å². The Morgan fingerprint density at radius 2 is 2.11 bits per heavy atom. The molecule has 0 saturated heterocycles. The number of carbonyl (C=O) groups excluding carboxylic acids is 1. The number of nitrogens with zero attached hydrogens (tertiary/aromatic N) is 2. The van der Waals surface area contributed by atoms with Gasteiger partial charge in [-0.3, -0.25) is 10.1 Å². The van der Waals surface area contributed by atoms with Gasteiger partial charge in [0, 0.05) is 5.38 Å². The van der Waals surface area contributed by atoms with E-state index < -0.39 is 0 Å². The highest BCUT2D eigenvalue weighted by Crippen LogP contribution is 2.23. The van der Waals surface area contributed by atoms with E-state index in [2.05, 4.69) is 15.3 Å². The van der Waals surface area contributed by atoms with Crippen molar-refractivity contribution < 1.29 is 4.79 Å². The fraction of sp³-hybridized carbons (Fsp3) is 0.0833. The van der Waals surface area contributed by atoms with Gasteiger partial charge >= 0.3 is 0 Å². The molecule has 0 saturated carbocycles. The number of anilines is 1. The van der Waals surface area contributed by atoms with Crippen LogP contribution in [0.3, 0.4) is 0 Å². The Morgan fingerprint density at radius 1 is 1.28 bits per heavy atom. The van der Waals surface area contributed by atoms with E-state index in [4.69, 9.17) is 0 Å². The van der Waals surface area contributed by atoms with E-state index >= 15 is 0 Å². The monoisotopic (exact) mass is 275 g/mol. The summed E-state index contributed by atoms with van der Waals surface area (Å²) in [7, 11) is 0. The van der Waals surface area contributed by atoms with Crippen LogP contribution in [-0.2, 0) is 0 Å². The summed E-state index contributed by atoms with van der Waals surface area (Å²) < 4.78 is 1.01. The van der Waals surface area contributed by atoms with Gasteiger partial charge in [-0.15, -0.1) is 22.7 Å². The highest BCUT2D eigenvalue weighted by Gasteiger charge is 2.13. The van der Waals surface area contributed by atoms with Crippen LogP contribution < -0.4 is 5.32 Å². The molecule has 6 heteroatoms. The smallest absolute Gasteiger partial charge is 0.286 e. The molecule has 0 aliphatic heterocycles. The summed E-state index contributed by atoms with van der Waals surface area (Å²) in [6.07, 6.45) is 0. The lowest BCUT2D eigenvalue weighted by Gasteiger charge is -1.96. The minimum Gasteiger partial charge on any atom is -0.296 e. The summed E-state index contributed by atoms with van der Waals surface area (Å²) in [6.45, 7) is 1.89. The molecule has 0 aliphatic carbocycles. The normalized spacial score (nSPS) is 10.7. The van der Waals surface area contributed by atoms with Crippen LogP contribution in [0.5, 0.6) is 0 Å². The van der Waals surface area contributed by atoms with Crippen molar-refractivity contribution in [3.05, 3.63) is 40.3 Å². The van der Waals surface area contributed by atoms with Crippen molar-refractivity contribution >= 4 is 43.9 Å². The maximum absolute atomic E-state index is 12.0. The molecule has 1 amide bonds. The Bertz CT molecular complexity index is 684. The van der Waals surface area contributed by atoms with Crippen LogP contribution in [0.25, 0.3) is 10.2 Å². The maximum Gasteiger partial charge on any atom is 0.286 e. The first-order valence-electron chi connectivity index (χ1n) is 5.31. The molecule has 0 aliphatic rings. The molecule has 3 rings (SSSR count). The van der Waals surface area contributed by atoms with Crippen LogP contribution in [0.1, 0.15) is 15.5 Å². The summed E-state index contributed by atoms with van der Waals surface area (Å²) in [6, 6.07) is 7.70. The summed E-state index contributed by atoms with van der Waals surface area (Å²) in [5, 5.41) is 5.72. The molecule has 0 bridgehead atoms. The second-order valence-corrected chi connectivity index (χ2v) is 5.62. The lowest BCUT2D eigenvalue weighted by Crippen LogP contribution is -2.11. The van der Waals surface area contributed by atoms with Crippen molar-refractivity contribution in [2.45, 2.75) is 6.92 Å². The molecule has 0 spiro atoms. The molecule has 0 radical (unpaired) electrons. The summed E-state index contributed by atoms with van der Waals surface area (Å²) in [4.78, 5) is 20.5. The number of nitrogens with one attached hydrogen (secondary N) is 1. The van der Waals surface area contributed by atoms with Crippen molar-refractivity contribution in [1.29, 1.82) is 0 Å². The van der Waals surface area contributed by atoms with Crippen LogP contribution >= 0.6 is 22.7 Å². The van der Waals surface area contributed by atoms with E-state index in [0.29, 0.717) is 10.1 Å². The molecule has 0 unspecified atom stereocenters. The fourth-order valence-corrected chi connectivity index (χ4v) is 3.08. The van der Waals surface area contributed by atoms with Crippen LogP contribution in [0, 0.1) is 6.92 Å². The highest BCUT2D eigenvalue weighted by molar-refractivity contribution is 7.20. The predicted molar refractivity (Wildman–Crippen MR) is 74.4 cm³/mol. The number of thiazole rings is 2. The van der Waals surface area contributed by atoms with E-state index in [1.54, 1.807) is 0 Å². The number of para-hydroxylation sites is 1. The third-order valence-corrected chi connectivity index (χ3v) is 4.24. The van der Waals surface area contributed by atoms with E-state index in [9.17, 15) is 4.79 Å². The average Bonchev–Trinajstić information content (AvgIpc) is 2.95. The largest absolute Gasteiger partial charge is 0.296 e. The molecular weight excluding hydrogens is 266 g/mol. The highest BCUT2D eigenvalue weighted by atomic mass is 32.1. The van der Waals surface area contributed by atoms with Crippen molar-refractivity contribution in [3.63, 3.8) is 0 Å². The van der Waals surface area contributed by atoms with Gasteiger partial charge < -0.3 is 0 Å². The fourth-order valence-electron chi connectivity index (χ4n) is 1.53. The molecule has 90 valence electrons. The van der Waals surface area contributed by atoms with Gasteiger partial charge in [0.15, 0.2) is 10.1 Å². The number of benzene rings is 1. The Balaban J connectivity index is 1.87. The van der Waals surface area contributed by atoms with Crippen molar-refractivity contribution in [1.82, 2.24) is 9.97 Å². The summed E-state index contributed by atoms with van der Waals surface area (Å²) in [5.74, 6) is -0.203. The first-order chi connectivity index (χ1) is 8.72. The van der Waals surface area contributed by atoms with E-state index in [1.165, 1.54) is 22.7 Å². The molecule has 4 nitrogen and oxygen atoms in total. The van der Waals surface area contributed by atoms with Gasteiger partial charge in [-0.1, -0.05) is 12.1 Å². The van der Waals surface area contributed by atoms with Gasteiger partial charge in [-0.05, 0) is 19.1 Å². The zero-order chi connectivity index (χ0) is 12.5. The van der Waals surface area contributed by atoms with Gasteiger partial charge in [0.2, 0.25) is 0 Å². The molecule has 18 heavy (non-hydrogen) atoms. The minimum absolute atomic E-state index is 0.203. The van der Waals surface area contributed by atoms with E-state index in [0.717, 1.165) is 15.9 Å². The third-order valence-electron chi connectivity index (χ3n) is 2.33. The minimum atomic E-state index is -0.203. The quantitative estimate of drug-likeness (QED) is 0.780. The molecule has 1 aromatic carbocycles. The lowest BCUT2D eigenvalue weighted by molar-refractivity contribution is 0.102. The molecule has 1 N–H and O–H groups in total. The Labute approximate surface area is 111 Å². The number of hydrogen-bond acceptors (Lipinski definition) is 5. The maximum atomic E-state index is 12.0. The van der Waals surface area contributed by atoms with Crippen LogP contribution in [-0.4, -0.2) is 15.9 Å². The van der Waals surface area contributed by atoms with Crippen molar-refractivity contribution in [2.75, 3.05) is 5.32 Å². The lowest BCUT2D eigenvalue weighted by atomic mass is 10.3. The summed E-state index contributed by atoms with van der Waals surface area (Å²) in [5.41, 5.74) is 1.75. The van der Waals surface area contributed by atoms with Crippen LogP contribution in [0.15, 0.2) is 29.6 Å². The summed E-state index contributed by atoms with van der Waals surface area (Å²) >= 11 is 2.80. The molecule has 0 atom stereocenters. The van der Waals surface area contributed by atoms with Crippen molar-refractivity contribution in [3.8, 4) is 0 Å². The Morgan fingerprint density at radius 3 is 2.83 bits per heavy atom. The third kappa shape index (κ3) is 2.12. The number of rotatable bonds is 2. The van der Waals surface area contributed by atoms with Gasteiger partial charge in [-0.2, -0.15) is 0 Å². The number of aromatic nitrogens is 2. The van der Waals surface area contributed by atoms with Crippen LogP contribution in [0.4, 0.5) is 5.13 Å². The number of hydrogen-bond donors (Lipinski definition) is 1. The molecular formula is C12H9N3OS2. The van der Waals surface area contributed by atoms with E-state index in [1.807, 2.05) is 36.6 Å². The Hall–Kier alpha value is -1.79. The average molecular weight is 275 g/mol. The zero-order valence-corrected chi connectivity index (χ0v) is 11.1. The van der Waals surface area contributed by atoms with Gasteiger partial charge in [0.25, 0.3) is 5.91 Å². The molecule has 3 aromatic rings. The second-order valence-electron chi connectivity index (χ2n) is 3.73. The van der Waals surface area contributed by atoms with Gasteiger partial charge in [-0.25, -0.2) is 9.97 Å². The second kappa shape index (κ2) is 4.47.